The number of rotatable bonds is 5. The first-order valence-corrected chi connectivity index (χ1v) is 14.2. The first kappa shape index (κ1) is 31.1. The van der Waals surface area contributed by atoms with Crippen LogP contribution in [-0.4, -0.2) is 73.5 Å². The standard InChI is InChI=1S/C31H37N5O8/c1-29(2,3)43-27(38)36(28(39)44-30(4,5)6)25-21-24(32-16-33-25)35(17-34-21)20-14-19(22-23(20)42-31(7,8)41-22)15-40-26(37)18-12-10-9-11-13-18/h9-14,16-17,20,22-23H,15H2,1-8H3/t20?,22-,23+/m1/s1. The van der Waals surface area contributed by atoms with Crippen LogP contribution in [0.2, 0.25) is 0 Å². The maximum Gasteiger partial charge on any atom is 0.425 e. The topological polar surface area (TPSA) is 144 Å². The van der Waals surface area contributed by atoms with Gasteiger partial charge in [0, 0.05) is 0 Å². The van der Waals surface area contributed by atoms with Crippen LogP contribution in [0.4, 0.5) is 15.4 Å². The zero-order valence-electron chi connectivity index (χ0n) is 26.1. The highest BCUT2D eigenvalue weighted by molar-refractivity contribution is 6.12. The molecular formula is C31H37N5O8. The maximum atomic E-state index is 13.3. The smallest absolute Gasteiger partial charge is 0.425 e. The van der Waals surface area contributed by atoms with E-state index in [0.717, 1.165) is 10.5 Å². The number of hydrogen-bond donors (Lipinski definition) is 0. The molecule has 1 aliphatic carbocycles. The first-order valence-electron chi connectivity index (χ1n) is 14.2. The minimum Gasteiger partial charge on any atom is -0.457 e. The molecule has 2 aromatic heterocycles. The fraction of sp³-hybridized carbons (Fsp3) is 0.484. The molecule has 1 unspecified atom stereocenters. The van der Waals surface area contributed by atoms with Gasteiger partial charge in [0.2, 0.25) is 0 Å². The van der Waals surface area contributed by atoms with Crippen LogP contribution in [0.3, 0.4) is 0 Å². The predicted molar refractivity (Wildman–Crippen MR) is 158 cm³/mol. The van der Waals surface area contributed by atoms with Crippen molar-refractivity contribution in [3.8, 4) is 0 Å². The summed E-state index contributed by atoms with van der Waals surface area (Å²) >= 11 is 0. The van der Waals surface area contributed by atoms with Gasteiger partial charge in [-0.05, 0) is 73.1 Å². The first-order chi connectivity index (χ1) is 20.5. The molecule has 44 heavy (non-hydrogen) atoms. The van der Waals surface area contributed by atoms with E-state index in [2.05, 4.69) is 15.0 Å². The van der Waals surface area contributed by atoms with Crippen molar-refractivity contribution in [1.82, 2.24) is 19.5 Å². The fourth-order valence-electron chi connectivity index (χ4n) is 4.99. The van der Waals surface area contributed by atoms with Crippen LogP contribution < -0.4 is 4.90 Å². The Bertz CT molecular complexity index is 1570. The molecule has 0 radical (unpaired) electrons. The summed E-state index contributed by atoms with van der Waals surface area (Å²) in [6.07, 6.45) is 1.70. The summed E-state index contributed by atoms with van der Waals surface area (Å²) in [6, 6.07) is 8.24. The quantitative estimate of drug-likeness (QED) is 0.210. The number of benzene rings is 1. The normalized spacial score (nSPS) is 21.0. The van der Waals surface area contributed by atoms with Crippen LogP contribution in [0, 0.1) is 0 Å². The number of fused-ring (bicyclic) bond motifs is 2. The third-order valence-electron chi connectivity index (χ3n) is 6.62. The van der Waals surface area contributed by atoms with E-state index in [9.17, 15) is 14.4 Å². The van der Waals surface area contributed by atoms with Crippen LogP contribution in [0.5, 0.6) is 0 Å². The largest absolute Gasteiger partial charge is 0.457 e. The number of esters is 1. The lowest BCUT2D eigenvalue weighted by atomic mass is 10.1. The number of imidazole rings is 1. The Kier molecular flexibility index (Phi) is 7.97. The van der Waals surface area contributed by atoms with Gasteiger partial charge in [0.25, 0.3) is 0 Å². The lowest BCUT2D eigenvalue weighted by molar-refractivity contribution is -0.148. The van der Waals surface area contributed by atoms with Gasteiger partial charge in [0.15, 0.2) is 22.8 Å². The number of hydrogen-bond acceptors (Lipinski definition) is 11. The molecule has 2 aliphatic rings. The molecule has 3 aromatic rings. The molecule has 5 rings (SSSR count). The zero-order valence-corrected chi connectivity index (χ0v) is 26.1. The van der Waals surface area contributed by atoms with E-state index < -0.39 is 53.4 Å². The van der Waals surface area contributed by atoms with Gasteiger partial charge < -0.3 is 28.3 Å². The predicted octanol–water partition coefficient (Wildman–Crippen LogP) is 5.36. The summed E-state index contributed by atoms with van der Waals surface area (Å²) < 4.78 is 30.9. The molecule has 3 atom stereocenters. The Morgan fingerprint density at radius 1 is 0.932 bits per heavy atom. The highest BCUT2D eigenvalue weighted by Crippen LogP contribution is 2.44. The van der Waals surface area contributed by atoms with Gasteiger partial charge in [-0.1, -0.05) is 24.3 Å². The lowest BCUT2D eigenvalue weighted by Gasteiger charge is -2.28. The average Bonchev–Trinajstić information content (AvgIpc) is 3.57. The van der Waals surface area contributed by atoms with E-state index in [1.54, 1.807) is 70.4 Å². The molecule has 3 heterocycles. The summed E-state index contributed by atoms with van der Waals surface area (Å²) in [5.41, 5.74) is -0.166. The van der Waals surface area contributed by atoms with Gasteiger partial charge in [0.05, 0.1) is 17.9 Å². The number of imide groups is 1. The minimum absolute atomic E-state index is 0.0111. The Morgan fingerprint density at radius 2 is 1.57 bits per heavy atom. The molecule has 13 nitrogen and oxygen atoms in total. The molecule has 1 saturated heterocycles. The van der Waals surface area contributed by atoms with E-state index in [1.807, 2.05) is 26.0 Å². The van der Waals surface area contributed by atoms with E-state index >= 15 is 0 Å². The number of aromatic nitrogens is 4. The van der Waals surface area contributed by atoms with Gasteiger partial charge in [-0.15, -0.1) is 0 Å². The van der Waals surface area contributed by atoms with Crippen LogP contribution in [0.15, 0.2) is 54.6 Å². The van der Waals surface area contributed by atoms with Crippen molar-refractivity contribution in [3.63, 3.8) is 0 Å². The number of ether oxygens (including phenoxy) is 5. The van der Waals surface area contributed by atoms with Crippen molar-refractivity contribution in [1.29, 1.82) is 0 Å². The zero-order chi connectivity index (χ0) is 32.0. The molecule has 234 valence electrons. The van der Waals surface area contributed by atoms with E-state index in [0.29, 0.717) is 11.2 Å². The van der Waals surface area contributed by atoms with Crippen LogP contribution in [0.1, 0.15) is 71.8 Å². The van der Waals surface area contributed by atoms with Crippen molar-refractivity contribution in [3.05, 3.63) is 60.2 Å². The molecule has 13 heteroatoms. The molecule has 0 bridgehead atoms. The van der Waals surface area contributed by atoms with Gasteiger partial charge in [0.1, 0.15) is 36.3 Å². The molecule has 0 spiro atoms. The van der Waals surface area contributed by atoms with Crippen molar-refractivity contribution >= 4 is 35.1 Å². The second-order valence-corrected chi connectivity index (χ2v) is 13.0. The molecule has 2 amide bonds. The number of amides is 2. The molecule has 1 aromatic carbocycles. The van der Waals surface area contributed by atoms with Gasteiger partial charge >= 0.3 is 18.2 Å². The number of carbonyl (C=O) groups is 3. The summed E-state index contributed by atoms with van der Waals surface area (Å²) in [5.74, 6) is -1.46. The third-order valence-corrected chi connectivity index (χ3v) is 6.62. The second-order valence-electron chi connectivity index (χ2n) is 13.0. The average molecular weight is 608 g/mol. The Hall–Kier alpha value is -4.36. The summed E-state index contributed by atoms with van der Waals surface area (Å²) in [7, 11) is 0. The second kappa shape index (κ2) is 11.3. The fourth-order valence-corrected chi connectivity index (χ4v) is 4.99. The van der Waals surface area contributed by atoms with Crippen LogP contribution in [-0.2, 0) is 23.7 Å². The summed E-state index contributed by atoms with van der Waals surface area (Å²) in [6.45, 7) is 13.7. The van der Waals surface area contributed by atoms with Crippen molar-refractivity contribution in [2.45, 2.75) is 90.6 Å². The highest BCUT2D eigenvalue weighted by atomic mass is 16.8. The molecular weight excluding hydrogens is 570 g/mol. The molecule has 0 N–H and O–H groups in total. The van der Waals surface area contributed by atoms with E-state index in [1.165, 1.54) is 12.7 Å². The Labute approximate surface area is 255 Å². The molecule has 1 fully saturated rings. The maximum absolute atomic E-state index is 13.3. The van der Waals surface area contributed by atoms with Gasteiger partial charge in [-0.25, -0.2) is 29.3 Å². The lowest BCUT2D eigenvalue weighted by Crippen LogP contribution is -2.44. The van der Waals surface area contributed by atoms with E-state index in [-0.39, 0.29) is 17.9 Å². The van der Waals surface area contributed by atoms with E-state index in [4.69, 9.17) is 23.7 Å². The Balaban J connectivity index is 1.50. The molecule has 1 aliphatic heterocycles. The SMILES string of the molecule is CC(C)(C)OC(=O)N(C(=O)OC(C)(C)C)c1ncnc2c1ncn2C1C=C(COC(=O)c2ccccc2)[C@H]2OC(C)(C)O[C@@H]12. The van der Waals surface area contributed by atoms with Gasteiger partial charge in [-0.2, -0.15) is 4.90 Å². The highest BCUT2D eigenvalue weighted by Gasteiger charge is 2.51. The van der Waals surface area contributed by atoms with Crippen molar-refractivity contribution in [2.75, 3.05) is 11.5 Å². The van der Waals surface area contributed by atoms with Crippen LogP contribution in [0.25, 0.3) is 11.2 Å². The molecule has 0 saturated carbocycles. The van der Waals surface area contributed by atoms with Gasteiger partial charge in [-0.3, -0.25) is 0 Å². The summed E-state index contributed by atoms with van der Waals surface area (Å²) in [4.78, 5) is 53.2. The monoisotopic (exact) mass is 607 g/mol. The minimum atomic E-state index is -0.973. The number of carbonyl (C=O) groups excluding carboxylic acids is 3. The van der Waals surface area contributed by atoms with Crippen molar-refractivity contribution < 1.29 is 38.1 Å². The summed E-state index contributed by atoms with van der Waals surface area (Å²) in [5, 5.41) is 0. The van der Waals surface area contributed by atoms with Crippen LogP contribution >= 0.6 is 0 Å². The number of anilines is 1. The Morgan fingerprint density at radius 3 is 2.18 bits per heavy atom. The van der Waals surface area contributed by atoms with Crippen molar-refractivity contribution in [2.24, 2.45) is 0 Å². The number of nitrogens with zero attached hydrogens (tertiary/aromatic N) is 5. The third kappa shape index (κ3) is 6.58.